The second-order valence-corrected chi connectivity index (χ2v) is 4.86. The molecule has 4 heteroatoms. The summed E-state index contributed by atoms with van der Waals surface area (Å²) in [5.74, 6) is 0. The Balaban J connectivity index is 2.35. The Morgan fingerprint density at radius 2 is 1.94 bits per heavy atom. The average molecular weight is 292 g/mol. The van der Waals surface area contributed by atoms with E-state index in [2.05, 4.69) is 52.2 Å². The highest BCUT2D eigenvalue weighted by molar-refractivity contribution is 9.10. The van der Waals surface area contributed by atoms with E-state index in [1.807, 2.05) is 6.07 Å². The van der Waals surface area contributed by atoms with Gasteiger partial charge in [0, 0.05) is 11.9 Å². The summed E-state index contributed by atoms with van der Waals surface area (Å²) in [5, 5.41) is 3.30. The summed E-state index contributed by atoms with van der Waals surface area (Å²) in [6, 6.07) is 6.22. The fourth-order valence-corrected chi connectivity index (χ4v) is 1.99. The molecular weight excluding hydrogens is 278 g/mol. The molecule has 3 nitrogen and oxygen atoms in total. The molecule has 3 N–H and O–H groups in total. The second kappa shape index (κ2) is 4.75. The number of aromatic nitrogens is 1. The number of pyridine rings is 1. The fourth-order valence-electron chi connectivity index (χ4n) is 1.55. The minimum atomic E-state index is 0.623. The number of hydrogen-bond acceptors (Lipinski definition) is 3. The number of anilines is 3. The molecule has 0 aliphatic heterocycles. The van der Waals surface area contributed by atoms with Gasteiger partial charge >= 0.3 is 0 Å². The number of nitrogens with one attached hydrogen (secondary N) is 1. The monoisotopic (exact) mass is 291 g/mol. The number of nitrogens with two attached hydrogens (primary N) is 1. The number of halogens is 1. The summed E-state index contributed by atoms with van der Waals surface area (Å²) in [6.45, 7) is 4.18. The molecule has 0 saturated carbocycles. The Bertz CT molecular complexity index is 532. The third-order valence-electron chi connectivity index (χ3n) is 2.71. The van der Waals surface area contributed by atoms with Crippen LogP contribution in [0.15, 0.2) is 35.1 Å². The zero-order valence-electron chi connectivity index (χ0n) is 9.79. The summed E-state index contributed by atoms with van der Waals surface area (Å²) < 4.78 is 0.857. The summed E-state index contributed by atoms with van der Waals surface area (Å²) >= 11 is 3.43. The van der Waals surface area contributed by atoms with Gasteiger partial charge in [0.1, 0.15) is 0 Å². The third-order valence-corrected chi connectivity index (χ3v) is 3.31. The smallest absolute Gasteiger partial charge is 0.0794 e. The van der Waals surface area contributed by atoms with Gasteiger partial charge in [0.2, 0.25) is 0 Å². The summed E-state index contributed by atoms with van der Waals surface area (Å²) in [7, 11) is 0. The standard InChI is InChI=1S/C13H14BrN3/c1-8-3-4-10(5-9(8)2)17-13-11(14)6-16-7-12(13)15/h3-7H,15H2,1-2H3,(H,16,17). The van der Waals surface area contributed by atoms with Crippen LogP contribution < -0.4 is 11.1 Å². The van der Waals surface area contributed by atoms with Gasteiger partial charge in [-0.15, -0.1) is 0 Å². The first kappa shape index (κ1) is 11.9. The first-order valence-electron chi connectivity index (χ1n) is 5.31. The number of hydrogen-bond donors (Lipinski definition) is 2. The van der Waals surface area contributed by atoms with Crippen LogP contribution in [0.2, 0.25) is 0 Å². The molecule has 0 unspecified atom stereocenters. The SMILES string of the molecule is Cc1ccc(Nc2c(N)cncc2Br)cc1C. The molecule has 0 aliphatic carbocycles. The molecule has 0 atom stereocenters. The van der Waals surface area contributed by atoms with Crippen molar-refractivity contribution in [3.63, 3.8) is 0 Å². The molecule has 0 bridgehead atoms. The molecule has 88 valence electrons. The van der Waals surface area contributed by atoms with Crippen molar-refractivity contribution >= 4 is 33.0 Å². The van der Waals surface area contributed by atoms with Crippen LogP contribution in [0.25, 0.3) is 0 Å². The Morgan fingerprint density at radius 1 is 1.18 bits per heavy atom. The van der Waals surface area contributed by atoms with Crippen LogP contribution in [-0.4, -0.2) is 4.98 Å². The summed E-state index contributed by atoms with van der Waals surface area (Å²) in [5.41, 5.74) is 10.9. The summed E-state index contributed by atoms with van der Waals surface area (Å²) in [6.07, 6.45) is 3.36. The van der Waals surface area contributed by atoms with Crippen molar-refractivity contribution in [1.82, 2.24) is 4.98 Å². The van der Waals surface area contributed by atoms with Gasteiger partial charge in [0.05, 0.1) is 22.0 Å². The quantitative estimate of drug-likeness (QED) is 0.885. The van der Waals surface area contributed by atoms with Crippen molar-refractivity contribution in [3.05, 3.63) is 46.2 Å². The Labute approximate surface area is 109 Å². The van der Waals surface area contributed by atoms with Crippen LogP contribution >= 0.6 is 15.9 Å². The molecule has 0 aliphatic rings. The van der Waals surface area contributed by atoms with Gasteiger partial charge in [-0.1, -0.05) is 6.07 Å². The van der Waals surface area contributed by atoms with Crippen molar-refractivity contribution in [3.8, 4) is 0 Å². The number of rotatable bonds is 2. The summed E-state index contributed by atoms with van der Waals surface area (Å²) in [4.78, 5) is 4.01. The topological polar surface area (TPSA) is 50.9 Å². The van der Waals surface area contributed by atoms with Crippen molar-refractivity contribution in [2.75, 3.05) is 11.1 Å². The molecule has 0 saturated heterocycles. The minimum absolute atomic E-state index is 0.623. The van der Waals surface area contributed by atoms with Crippen LogP contribution in [0.5, 0.6) is 0 Å². The van der Waals surface area contributed by atoms with Gasteiger partial charge in [0.15, 0.2) is 0 Å². The average Bonchev–Trinajstić information content (AvgIpc) is 2.28. The molecule has 0 radical (unpaired) electrons. The highest BCUT2D eigenvalue weighted by Crippen LogP contribution is 2.30. The zero-order chi connectivity index (χ0) is 12.4. The van der Waals surface area contributed by atoms with Crippen molar-refractivity contribution in [2.24, 2.45) is 0 Å². The van der Waals surface area contributed by atoms with Crippen LogP contribution in [0.1, 0.15) is 11.1 Å². The maximum atomic E-state index is 5.88. The highest BCUT2D eigenvalue weighted by Gasteiger charge is 2.05. The molecule has 1 aromatic heterocycles. The zero-order valence-corrected chi connectivity index (χ0v) is 11.4. The lowest BCUT2D eigenvalue weighted by Gasteiger charge is -2.12. The van der Waals surface area contributed by atoms with Crippen LogP contribution in [-0.2, 0) is 0 Å². The van der Waals surface area contributed by atoms with E-state index in [-0.39, 0.29) is 0 Å². The molecule has 1 heterocycles. The van der Waals surface area contributed by atoms with Gasteiger partial charge < -0.3 is 11.1 Å². The lowest BCUT2D eigenvalue weighted by Crippen LogP contribution is -1.98. The van der Waals surface area contributed by atoms with Crippen LogP contribution in [0.4, 0.5) is 17.1 Å². The maximum absolute atomic E-state index is 5.88. The van der Waals surface area contributed by atoms with E-state index in [9.17, 15) is 0 Å². The number of aryl methyl sites for hydroxylation is 2. The van der Waals surface area contributed by atoms with Crippen molar-refractivity contribution in [1.29, 1.82) is 0 Å². The van der Waals surface area contributed by atoms with E-state index in [4.69, 9.17) is 5.73 Å². The minimum Gasteiger partial charge on any atom is -0.396 e. The van der Waals surface area contributed by atoms with Gasteiger partial charge in [-0.2, -0.15) is 0 Å². The predicted molar refractivity (Wildman–Crippen MR) is 75.5 cm³/mol. The number of nitrogen functional groups attached to an aromatic ring is 1. The van der Waals surface area contributed by atoms with Gasteiger partial charge in [-0.3, -0.25) is 4.98 Å². The van der Waals surface area contributed by atoms with Crippen LogP contribution in [0, 0.1) is 13.8 Å². The Morgan fingerprint density at radius 3 is 2.59 bits per heavy atom. The van der Waals surface area contributed by atoms with Gasteiger partial charge in [-0.25, -0.2) is 0 Å². The van der Waals surface area contributed by atoms with E-state index in [1.54, 1.807) is 12.4 Å². The number of nitrogens with zero attached hydrogens (tertiary/aromatic N) is 1. The largest absolute Gasteiger partial charge is 0.396 e. The normalized spacial score (nSPS) is 10.3. The molecule has 0 fully saturated rings. The molecule has 17 heavy (non-hydrogen) atoms. The number of benzene rings is 1. The Kier molecular flexibility index (Phi) is 3.33. The third kappa shape index (κ3) is 2.58. The predicted octanol–water partition coefficient (Wildman–Crippen LogP) is 3.79. The first-order valence-corrected chi connectivity index (χ1v) is 6.10. The second-order valence-electron chi connectivity index (χ2n) is 4.01. The lowest BCUT2D eigenvalue weighted by molar-refractivity contribution is 1.30. The van der Waals surface area contributed by atoms with E-state index in [0.29, 0.717) is 5.69 Å². The molecular formula is C13H14BrN3. The van der Waals surface area contributed by atoms with Crippen molar-refractivity contribution < 1.29 is 0 Å². The molecule has 2 aromatic rings. The lowest BCUT2D eigenvalue weighted by atomic mass is 10.1. The fraction of sp³-hybridized carbons (Fsp3) is 0.154. The first-order chi connectivity index (χ1) is 8.08. The van der Waals surface area contributed by atoms with E-state index >= 15 is 0 Å². The highest BCUT2D eigenvalue weighted by atomic mass is 79.9. The molecule has 1 aromatic carbocycles. The van der Waals surface area contributed by atoms with Gasteiger partial charge in [-0.05, 0) is 53.0 Å². The molecule has 0 amide bonds. The van der Waals surface area contributed by atoms with Crippen molar-refractivity contribution in [2.45, 2.75) is 13.8 Å². The molecule has 2 rings (SSSR count). The van der Waals surface area contributed by atoms with Gasteiger partial charge in [0.25, 0.3) is 0 Å². The van der Waals surface area contributed by atoms with E-state index in [0.717, 1.165) is 15.8 Å². The molecule has 0 spiro atoms. The Hall–Kier alpha value is -1.55. The van der Waals surface area contributed by atoms with Crippen LogP contribution in [0.3, 0.4) is 0 Å². The van der Waals surface area contributed by atoms with E-state index in [1.165, 1.54) is 11.1 Å². The maximum Gasteiger partial charge on any atom is 0.0794 e. The van der Waals surface area contributed by atoms with E-state index < -0.39 is 0 Å².